The van der Waals surface area contributed by atoms with Crippen LogP contribution in [0, 0.1) is 45.7 Å². The molecule has 0 aliphatic carbocycles. The smallest absolute Gasteiger partial charge is 0.259 e. The molecule has 0 bridgehead atoms. The zero-order valence-electron chi connectivity index (χ0n) is 53.8. The van der Waals surface area contributed by atoms with E-state index in [1.807, 2.05) is 21.7 Å². The minimum Gasteiger partial charge on any atom is -0.358 e. The number of halogens is 9. The lowest BCUT2D eigenvalue weighted by molar-refractivity contribution is 0.101. The Morgan fingerprint density at radius 1 is 0.373 bits per heavy atom. The van der Waals surface area contributed by atoms with E-state index in [2.05, 4.69) is 99.6 Å². The maximum absolute atomic E-state index is 14.0. The van der Waals surface area contributed by atoms with Crippen molar-refractivity contribution in [3.05, 3.63) is 263 Å². The van der Waals surface area contributed by atoms with Gasteiger partial charge in [-0.05, 0) is 171 Å². The number of aromatic nitrogens is 3. The van der Waals surface area contributed by atoms with Gasteiger partial charge in [0.1, 0.15) is 35.0 Å². The molecule has 6 amide bonds. The zero-order chi connectivity index (χ0) is 72.7. The lowest BCUT2D eigenvalue weighted by Crippen LogP contribution is -2.35. The molecule has 3 aromatic heterocycles. The van der Waals surface area contributed by atoms with Gasteiger partial charge in [-0.15, -0.1) is 0 Å². The summed E-state index contributed by atoms with van der Waals surface area (Å²) in [5, 5.41) is 31.6. The van der Waals surface area contributed by atoms with E-state index in [1.165, 1.54) is 36.8 Å². The van der Waals surface area contributed by atoms with E-state index in [-0.39, 0.29) is 67.9 Å². The molecule has 2 fully saturated rings. The van der Waals surface area contributed by atoms with Gasteiger partial charge >= 0.3 is 0 Å². The molecule has 21 nitrogen and oxygen atoms in total. The number of amidine groups is 3. The molecular weight excluding hydrogens is 1520 g/mol. The van der Waals surface area contributed by atoms with Gasteiger partial charge in [0.25, 0.3) is 35.4 Å². The van der Waals surface area contributed by atoms with Crippen LogP contribution in [0.2, 0.25) is 0 Å². The number of nitrogens with one attached hydrogen (secondary N) is 8. The molecule has 0 radical (unpaired) electrons. The van der Waals surface area contributed by atoms with Gasteiger partial charge in [-0.3, -0.25) is 44.6 Å². The number of carbonyl (C=O) groups excluding carboxylic acids is 6. The lowest BCUT2D eigenvalue weighted by atomic mass is 10.1. The predicted molar refractivity (Wildman–Crippen MR) is 386 cm³/mol. The number of benzene rings is 6. The minimum absolute atomic E-state index is 0.169. The number of aliphatic imine (C=N–C) groups is 1. The quantitative estimate of drug-likeness (QED) is 0.0270. The molecular formula is C72H60Br3F6N15O6. The number of pyridine rings is 3. The summed E-state index contributed by atoms with van der Waals surface area (Å²) in [5.41, 5.74) is 1.67. The Kier molecular flexibility index (Phi) is 24.5. The van der Waals surface area contributed by atoms with Crippen LogP contribution in [0.15, 0.2) is 183 Å². The van der Waals surface area contributed by atoms with E-state index in [9.17, 15) is 55.1 Å². The van der Waals surface area contributed by atoms with Crippen LogP contribution in [-0.4, -0.2) is 129 Å². The third-order valence-corrected chi connectivity index (χ3v) is 17.4. The Balaban J connectivity index is 0.000000165. The van der Waals surface area contributed by atoms with E-state index in [0.717, 1.165) is 113 Å². The number of carbonyl (C=O) groups is 6. The molecule has 3 aliphatic heterocycles. The molecule has 30 heteroatoms. The number of hydrogen-bond donors (Lipinski definition) is 8. The van der Waals surface area contributed by atoms with Crippen molar-refractivity contribution in [2.24, 2.45) is 4.99 Å². The molecule has 0 spiro atoms. The fourth-order valence-electron chi connectivity index (χ4n) is 10.6. The Bertz CT molecular complexity index is 4690. The molecule has 2 saturated heterocycles. The highest BCUT2D eigenvalue weighted by molar-refractivity contribution is 9.11. The topological polar surface area (TPSA) is 283 Å². The van der Waals surface area contributed by atoms with E-state index in [0.29, 0.717) is 42.8 Å². The normalized spacial score (nSPS) is 13.1. The molecule has 6 aromatic carbocycles. The van der Waals surface area contributed by atoms with Crippen molar-refractivity contribution in [1.29, 1.82) is 10.8 Å². The summed E-state index contributed by atoms with van der Waals surface area (Å²) in [4.78, 5) is 99.0. The largest absolute Gasteiger partial charge is 0.358 e. The zero-order valence-corrected chi connectivity index (χ0v) is 58.6. The van der Waals surface area contributed by atoms with Crippen molar-refractivity contribution >= 4 is 135 Å². The monoisotopic (exact) mass is 1580 g/mol. The molecule has 0 saturated carbocycles. The SMILES string of the molecule is CN1CCN=C1c1ccc(C(=O)Nc2cc(F)c(F)cc2C(=O)Nc2ccc(Br)cn2)cc1.N=C(c1ccc(C(=O)Nc2cc(F)c(F)cc2C(=O)Nc2ccc(Br)cn2)cc1)N1CCCC1.N=C(c1ccc(C(=O)Nc2cc(F)c(F)cc2C(=O)Nc2ccc(Br)cn2)cc1)N1CCCCC1. The Morgan fingerprint density at radius 2 is 0.667 bits per heavy atom. The van der Waals surface area contributed by atoms with Crippen LogP contribution in [0.25, 0.3) is 0 Å². The molecule has 0 unspecified atom stereocenters. The molecule has 522 valence electrons. The van der Waals surface area contributed by atoms with Gasteiger partial charge in [-0.25, -0.2) is 41.3 Å². The van der Waals surface area contributed by atoms with Gasteiger partial charge < -0.3 is 46.6 Å². The number of nitrogens with zero attached hydrogens (tertiary/aromatic N) is 7. The maximum Gasteiger partial charge on any atom is 0.259 e. The number of anilines is 6. The third kappa shape index (κ3) is 19.1. The van der Waals surface area contributed by atoms with Crippen LogP contribution < -0.4 is 31.9 Å². The summed E-state index contributed by atoms with van der Waals surface area (Å²) < 4.78 is 85.6. The van der Waals surface area contributed by atoms with Crippen molar-refractivity contribution in [3.63, 3.8) is 0 Å². The average molecular weight is 1590 g/mol. The predicted octanol–water partition coefficient (Wildman–Crippen LogP) is 14.8. The molecule has 3 aliphatic rings. The molecule has 9 aromatic rings. The highest BCUT2D eigenvalue weighted by Crippen LogP contribution is 2.28. The lowest BCUT2D eigenvalue weighted by Gasteiger charge is -2.29. The number of hydrogen-bond acceptors (Lipinski definition) is 13. The average Bonchev–Trinajstić information content (AvgIpc) is 0.872. The minimum atomic E-state index is -1.23. The van der Waals surface area contributed by atoms with Gasteiger partial charge in [0.2, 0.25) is 0 Å². The molecule has 0 atom stereocenters. The Morgan fingerprint density at radius 3 is 0.961 bits per heavy atom. The highest BCUT2D eigenvalue weighted by Gasteiger charge is 2.25. The fraction of sp³-hybridized carbons (Fsp3) is 0.167. The van der Waals surface area contributed by atoms with Crippen molar-refractivity contribution < 1.29 is 55.1 Å². The van der Waals surface area contributed by atoms with Gasteiger partial charge in [0.05, 0.1) is 40.3 Å². The van der Waals surface area contributed by atoms with Crippen LogP contribution in [0.5, 0.6) is 0 Å². The first kappa shape index (κ1) is 73.7. The van der Waals surface area contributed by atoms with Crippen molar-refractivity contribution in [2.75, 3.05) is 78.2 Å². The van der Waals surface area contributed by atoms with Crippen molar-refractivity contribution in [3.8, 4) is 0 Å². The molecule has 8 N–H and O–H groups in total. The van der Waals surface area contributed by atoms with Crippen molar-refractivity contribution in [1.82, 2.24) is 29.7 Å². The number of likely N-dealkylation sites (tertiary alicyclic amines) is 2. The van der Waals surface area contributed by atoms with Gasteiger partial charge in [0, 0.05) is 123 Å². The second-order valence-electron chi connectivity index (χ2n) is 23.0. The summed E-state index contributed by atoms with van der Waals surface area (Å²) in [5.74, 6) is -9.11. The first-order valence-corrected chi connectivity index (χ1v) is 33.8. The standard InChI is InChI=1S/C25H22BrF2N5O2.C24H20BrF2N5O2.C23H18BrF2N5O2/c26-17-8-9-22(30-14-17)32-25(35)18-12-19(27)20(28)13-21(18)31-24(34)16-6-4-15(5-7-16)23(29)33-10-2-1-3-11-33;25-16-7-8-21(29-13-16)31-24(34)17-11-18(26)19(27)12-20(17)30-23(33)15-5-3-14(4-6-15)22(28)32-9-1-2-10-32;1-31-9-8-27-21(31)13-2-4-14(5-3-13)22(32)29-19-11-18(26)17(25)10-16(19)23(33)30-20-7-6-15(24)12-28-20/h4-9,12-14,29H,1-3,10-11H2,(H,31,34)(H,30,32,35);3-8,11-13,28H,1-2,9-10H2,(H,30,33)(H,29,31,34);2-7,10-12H,8-9H2,1H3,(H,29,32)(H,28,30,33). The van der Waals surface area contributed by atoms with E-state index in [4.69, 9.17) is 10.8 Å². The molecule has 12 rings (SSSR count). The van der Waals surface area contributed by atoms with E-state index in [1.54, 1.807) is 91.0 Å². The van der Waals surface area contributed by atoms with Crippen molar-refractivity contribution in [2.45, 2.75) is 32.1 Å². The van der Waals surface area contributed by atoms with Gasteiger partial charge in [0.15, 0.2) is 34.9 Å². The Labute approximate surface area is 605 Å². The molecule has 102 heavy (non-hydrogen) atoms. The van der Waals surface area contributed by atoms with Crippen LogP contribution in [0.4, 0.5) is 60.9 Å². The second kappa shape index (κ2) is 33.9. The first-order chi connectivity index (χ1) is 48.9. The fourth-order valence-corrected chi connectivity index (χ4v) is 11.3. The summed E-state index contributed by atoms with van der Waals surface area (Å²) in [7, 11) is 1.94. The number of likely N-dealkylation sites (N-methyl/N-ethyl adjacent to an activating group) is 1. The number of piperidine rings is 1. The van der Waals surface area contributed by atoms with Gasteiger partial charge in [-0.2, -0.15) is 0 Å². The Hall–Kier alpha value is -11.0. The van der Waals surface area contributed by atoms with E-state index >= 15 is 0 Å². The summed E-state index contributed by atoms with van der Waals surface area (Å²) in [6.07, 6.45) is 9.76. The summed E-state index contributed by atoms with van der Waals surface area (Å²) in [6.45, 7) is 4.87. The van der Waals surface area contributed by atoms with Gasteiger partial charge in [-0.1, -0.05) is 36.4 Å². The number of rotatable bonds is 15. The van der Waals surface area contributed by atoms with Crippen LogP contribution >= 0.6 is 47.8 Å². The first-order valence-electron chi connectivity index (χ1n) is 31.4. The highest BCUT2D eigenvalue weighted by atomic mass is 79.9. The maximum atomic E-state index is 14.0. The summed E-state index contributed by atoms with van der Waals surface area (Å²) >= 11 is 9.71. The molecule has 6 heterocycles. The second-order valence-corrected chi connectivity index (χ2v) is 25.8. The van der Waals surface area contributed by atoms with Crippen LogP contribution in [0.3, 0.4) is 0 Å². The van der Waals surface area contributed by atoms with E-state index < -0.39 is 70.3 Å². The number of amides is 6. The van der Waals surface area contributed by atoms with Crippen LogP contribution in [-0.2, 0) is 0 Å². The third-order valence-electron chi connectivity index (χ3n) is 16.0. The summed E-state index contributed by atoms with van der Waals surface area (Å²) in [6, 6.07) is 33.6. The van der Waals surface area contributed by atoms with Crippen LogP contribution in [0.1, 0.15) is 111 Å².